The minimum atomic E-state index is -0.485. The monoisotopic (exact) mass is 420 g/mol. The summed E-state index contributed by atoms with van der Waals surface area (Å²) in [6, 6.07) is 16.4. The summed E-state index contributed by atoms with van der Waals surface area (Å²) in [6.45, 7) is 0. The van der Waals surface area contributed by atoms with Crippen molar-refractivity contribution in [2.45, 2.75) is 0 Å². The lowest BCUT2D eigenvalue weighted by Crippen LogP contribution is -2.37. The molecule has 0 aliphatic carbocycles. The fourth-order valence-electron chi connectivity index (χ4n) is 3.24. The van der Waals surface area contributed by atoms with E-state index < -0.39 is 17.2 Å². The summed E-state index contributed by atoms with van der Waals surface area (Å²) >= 11 is 6.26. The van der Waals surface area contributed by atoms with Gasteiger partial charge >= 0.3 is 5.69 Å². The highest BCUT2D eigenvalue weighted by atomic mass is 35.5. The number of carbonyl (C=O) groups excluding carboxylic acids is 1. The summed E-state index contributed by atoms with van der Waals surface area (Å²) in [4.78, 5) is 41.5. The van der Waals surface area contributed by atoms with Gasteiger partial charge in [-0.25, -0.2) is 9.78 Å². The van der Waals surface area contributed by atoms with Crippen LogP contribution < -0.4 is 16.6 Å². The van der Waals surface area contributed by atoms with Gasteiger partial charge < -0.3 is 5.32 Å². The molecule has 30 heavy (non-hydrogen) atoms. The van der Waals surface area contributed by atoms with E-state index in [0.717, 1.165) is 15.7 Å². The minimum Gasteiger partial charge on any atom is -0.321 e. The van der Waals surface area contributed by atoms with Crippen LogP contribution in [-0.4, -0.2) is 20.0 Å². The lowest BCUT2D eigenvalue weighted by molar-refractivity contribution is 0.102. The second-order valence-corrected chi connectivity index (χ2v) is 7.22. The largest absolute Gasteiger partial charge is 0.332 e. The molecule has 2 aromatic heterocycles. The summed E-state index contributed by atoms with van der Waals surface area (Å²) < 4.78 is 2.28. The van der Waals surface area contributed by atoms with Crippen LogP contribution in [0.4, 0.5) is 5.69 Å². The van der Waals surface area contributed by atoms with Crippen LogP contribution in [0, 0.1) is 0 Å². The Kier molecular flexibility index (Phi) is 4.97. The first-order chi connectivity index (χ1) is 14.4. The third kappa shape index (κ3) is 3.40. The second-order valence-electron chi connectivity index (χ2n) is 6.82. The fraction of sp³-hybridized carbons (Fsp3) is 0.0909. The van der Waals surface area contributed by atoms with Gasteiger partial charge in [-0.2, -0.15) is 0 Å². The molecule has 0 aliphatic heterocycles. The quantitative estimate of drug-likeness (QED) is 0.551. The number of nitrogens with one attached hydrogen (secondary N) is 1. The van der Waals surface area contributed by atoms with Crippen LogP contribution in [0.3, 0.4) is 0 Å². The molecular formula is C22H17ClN4O3. The zero-order valence-electron chi connectivity index (χ0n) is 16.2. The molecule has 2 aromatic carbocycles. The number of nitrogens with zero attached hydrogens (tertiary/aromatic N) is 3. The van der Waals surface area contributed by atoms with Crippen LogP contribution in [-0.2, 0) is 14.1 Å². The third-order valence-corrected chi connectivity index (χ3v) is 5.20. The maximum atomic E-state index is 12.9. The predicted molar refractivity (Wildman–Crippen MR) is 117 cm³/mol. The number of aromatic nitrogens is 3. The van der Waals surface area contributed by atoms with Gasteiger partial charge in [-0.3, -0.25) is 18.7 Å². The molecule has 0 unspecified atom stereocenters. The molecule has 0 atom stereocenters. The van der Waals surface area contributed by atoms with Crippen molar-refractivity contribution in [1.29, 1.82) is 0 Å². The minimum absolute atomic E-state index is 0.224. The van der Waals surface area contributed by atoms with Gasteiger partial charge in [0.2, 0.25) is 0 Å². The molecule has 0 saturated carbocycles. The van der Waals surface area contributed by atoms with Gasteiger partial charge in [0.15, 0.2) is 0 Å². The van der Waals surface area contributed by atoms with E-state index >= 15 is 0 Å². The van der Waals surface area contributed by atoms with E-state index in [2.05, 4.69) is 10.3 Å². The molecule has 2 heterocycles. The number of benzene rings is 2. The van der Waals surface area contributed by atoms with Gasteiger partial charge in [0, 0.05) is 14.1 Å². The number of aryl methyl sites for hydroxylation is 1. The number of rotatable bonds is 3. The van der Waals surface area contributed by atoms with Gasteiger partial charge in [0.1, 0.15) is 5.65 Å². The van der Waals surface area contributed by atoms with Crippen molar-refractivity contribution in [3.63, 3.8) is 0 Å². The molecule has 0 saturated heterocycles. The van der Waals surface area contributed by atoms with Crippen LogP contribution in [0.5, 0.6) is 0 Å². The number of carbonyl (C=O) groups is 1. The van der Waals surface area contributed by atoms with Gasteiger partial charge in [-0.05, 0) is 29.3 Å². The molecular weight excluding hydrogens is 404 g/mol. The van der Waals surface area contributed by atoms with Gasteiger partial charge in [0.05, 0.1) is 27.9 Å². The average Bonchev–Trinajstić information content (AvgIpc) is 2.77. The van der Waals surface area contributed by atoms with Crippen LogP contribution >= 0.6 is 11.6 Å². The SMILES string of the molecule is Cn1c(=O)c2cc(NC(=O)c3cc(-c4ccccc4)ccc3Cl)cnc2n(C)c1=O. The van der Waals surface area contributed by atoms with Gasteiger partial charge in [0.25, 0.3) is 11.5 Å². The summed E-state index contributed by atoms with van der Waals surface area (Å²) in [6.07, 6.45) is 1.40. The topological polar surface area (TPSA) is 86.0 Å². The van der Waals surface area contributed by atoms with Crippen LogP contribution in [0.15, 0.2) is 70.4 Å². The molecule has 0 radical (unpaired) electrons. The van der Waals surface area contributed by atoms with Crippen LogP contribution in [0.1, 0.15) is 10.4 Å². The average molecular weight is 421 g/mol. The first kappa shape index (κ1) is 19.6. The molecule has 0 aliphatic rings. The molecule has 4 aromatic rings. The number of amides is 1. The first-order valence-electron chi connectivity index (χ1n) is 9.09. The molecule has 150 valence electrons. The van der Waals surface area contributed by atoms with Crippen LogP contribution in [0.25, 0.3) is 22.2 Å². The Morgan fingerprint density at radius 3 is 2.43 bits per heavy atom. The Labute approximate surface area is 176 Å². The fourth-order valence-corrected chi connectivity index (χ4v) is 3.44. The standard InChI is InChI=1S/C22H17ClN4O3/c1-26-19-17(21(29)27(2)22(26)30)11-15(12-24-19)25-20(28)16-10-14(8-9-18(16)23)13-6-4-3-5-7-13/h3-12H,1-2H3,(H,25,28). The molecule has 1 amide bonds. The van der Waals surface area contributed by atoms with Crippen molar-refractivity contribution < 1.29 is 4.79 Å². The number of pyridine rings is 1. The van der Waals surface area contributed by atoms with E-state index in [0.29, 0.717) is 16.3 Å². The van der Waals surface area contributed by atoms with E-state index in [9.17, 15) is 14.4 Å². The Morgan fingerprint density at radius 1 is 0.967 bits per heavy atom. The molecule has 7 nitrogen and oxygen atoms in total. The highest BCUT2D eigenvalue weighted by molar-refractivity contribution is 6.34. The molecule has 1 N–H and O–H groups in total. The summed E-state index contributed by atoms with van der Waals surface area (Å²) in [5, 5.41) is 3.26. The molecule has 0 fully saturated rings. The number of anilines is 1. The van der Waals surface area contributed by atoms with E-state index in [1.807, 2.05) is 36.4 Å². The summed E-state index contributed by atoms with van der Waals surface area (Å²) in [7, 11) is 2.93. The Hall–Kier alpha value is -3.71. The molecule has 8 heteroatoms. The van der Waals surface area contributed by atoms with E-state index in [1.165, 1.54) is 30.9 Å². The van der Waals surface area contributed by atoms with Crippen LogP contribution in [0.2, 0.25) is 5.02 Å². The van der Waals surface area contributed by atoms with E-state index in [-0.39, 0.29) is 11.0 Å². The van der Waals surface area contributed by atoms with Crippen molar-refractivity contribution in [2.24, 2.45) is 14.1 Å². The van der Waals surface area contributed by atoms with Crippen molar-refractivity contribution in [1.82, 2.24) is 14.1 Å². The van der Waals surface area contributed by atoms with Gasteiger partial charge in [-0.1, -0.05) is 48.0 Å². The lowest BCUT2D eigenvalue weighted by Gasteiger charge is -2.11. The van der Waals surface area contributed by atoms with Crippen molar-refractivity contribution in [3.8, 4) is 11.1 Å². The maximum Gasteiger partial charge on any atom is 0.332 e. The van der Waals surface area contributed by atoms with Crippen molar-refractivity contribution in [3.05, 3.63) is 92.2 Å². The maximum absolute atomic E-state index is 12.9. The van der Waals surface area contributed by atoms with Crippen molar-refractivity contribution >= 4 is 34.2 Å². The highest BCUT2D eigenvalue weighted by Gasteiger charge is 2.15. The predicted octanol–water partition coefficient (Wildman–Crippen LogP) is 3.20. The Bertz CT molecular complexity index is 1410. The first-order valence-corrected chi connectivity index (χ1v) is 9.46. The number of hydrogen-bond donors (Lipinski definition) is 1. The number of fused-ring (bicyclic) bond motifs is 1. The third-order valence-electron chi connectivity index (χ3n) is 4.87. The normalized spacial score (nSPS) is 10.9. The number of halogens is 1. The smallest absolute Gasteiger partial charge is 0.321 e. The summed E-state index contributed by atoms with van der Waals surface area (Å²) in [5.41, 5.74) is 1.72. The Morgan fingerprint density at radius 2 is 1.70 bits per heavy atom. The zero-order valence-corrected chi connectivity index (χ0v) is 17.0. The van der Waals surface area contributed by atoms with Gasteiger partial charge in [-0.15, -0.1) is 0 Å². The molecule has 0 bridgehead atoms. The van der Waals surface area contributed by atoms with Crippen molar-refractivity contribution in [2.75, 3.05) is 5.32 Å². The summed E-state index contributed by atoms with van der Waals surface area (Å²) in [5.74, 6) is -0.430. The second kappa shape index (κ2) is 7.61. The molecule has 0 spiro atoms. The lowest BCUT2D eigenvalue weighted by atomic mass is 10.0. The number of hydrogen-bond acceptors (Lipinski definition) is 4. The highest BCUT2D eigenvalue weighted by Crippen LogP contribution is 2.26. The van der Waals surface area contributed by atoms with E-state index in [1.54, 1.807) is 12.1 Å². The molecule has 4 rings (SSSR count). The van der Waals surface area contributed by atoms with E-state index in [4.69, 9.17) is 11.6 Å². The zero-order chi connectivity index (χ0) is 21.4. The Balaban J connectivity index is 1.72.